The first-order valence-corrected chi connectivity index (χ1v) is 9.81. The van der Waals surface area contributed by atoms with Gasteiger partial charge in [0.25, 0.3) is 0 Å². The molecule has 2 aliphatic rings. The van der Waals surface area contributed by atoms with Crippen LogP contribution in [-0.2, 0) is 23.8 Å². The van der Waals surface area contributed by atoms with Gasteiger partial charge >= 0.3 is 11.9 Å². The van der Waals surface area contributed by atoms with Gasteiger partial charge in [0.05, 0.1) is 39.3 Å². The van der Waals surface area contributed by atoms with Crippen molar-refractivity contribution in [1.29, 1.82) is 0 Å². The fourth-order valence-corrected chi connectivity index (χ4v) is 4.34. The molecular weight excluding hydrogens is 358 g/mol. The standard InChI is InChI=1S/C22H29NO5/c1-15(23-9-11-28-12-10-23)17-13-19(21(24)26-2)20(22(25)27-3)14-18(17)16-7-5-4-6-8-16/h4-8,15,19-20H,9-14H2,1-3H3/t15?,19-,20-/m1/s1. The van der Waals surface area contributed by atoms with Crippen LogP contribution in [0, 0.1) is 11.8 Å². The molecule has 3 atom stereocenters. The topological polar surface area (TPSA) is 65.1 Å². The third-order valence-electron chi connectivity index (χ3n) is 5.97. The Morgan fingerprint density at radius 2 is 1.57 bits per heavy atom. The largest absolute Gasteiger partial charge is 0.469 e. The first kappa shape index (κ1) is 20.6. The molecule has 6 nitrogen and oxygen atoms in total. The van der Waals surface area contributed by atoms with Crippen LogP contribution >= 0.6 is 0 Å². The fraction of sp³-hybridized carbons (Fsp3) is 0.545. The second-order valence-electron chi connectivity index (χ2n) is 7.36. The molecule has 1 fully saturated rings. The Morgan fingerprint density at radius 1 is 1.00 bits per heavy atom. The summed E-state index contributed by atoms with van der Waals surface area (Å²) in [5.41, 5.74) is 3.42. The first-order chi connectivity index (χ1) is 13.6. The Balaban J connectivity index is 2.03. The Kier molecular flexibility index (Phi) is 6.86. The molecular formula is C22H29NO5. The molecule has 1 saturated heterocycles. The summed E-state index contributed by atoms with van der Waals surface area (Å²) in [6.45, 7) is 5.32. The molecule has 0 saturated carbocycles. The van der Waals surface area contributed by atoms with Gasteiger partial charge in [-0.15, -0.1) is 0 Å². The molecule has 1 heterocycles. The number of ether oxygens (including phenoxy) is 3. The van der Waals surface area contributed by atoms with Crippen LogP contribution in [0.1, 0.15) is 25.3 Å². The van der Waals surface area contributed by atoms with Crippen molar-refractivity contribution in [2.75, 3.05) is 40.5 Å². The van der Waals surface area contributed by atoms with Gasteiger partial charge in [0.1, 0.15) is 0 Å². The van der Waals surface area contributed by atoms with E-state index in [1.54, 1.807) is 0 Å². The molecule has 0 spiro atoms. The van der Waals surface area contributed by atoms with Crippen molar-refractivity contribution in [3.05, 3.63) is 41.5 Å². The lowest BCUT2D eigenvalue weighted by Crippen LogP contribution is -2.45. The van der Waals surface area contributed by atoms with Crippen LogP contribution in [-0.4, -0.2) is 63.4 Å². The van der Waals surface area contributed by atoms with E-state index >= 15 is 0 Å². The minimum atomic E-state index is -0.534. The number of methoxy groups -OCH3 is 2. The number of nitrogens with zero attached hydrogens (tertiary/aromatic N) is 1. The molecule has 1 aliphatic heterocycles. The van der Waals surface area contributed by atoms with E-state index in [9.17, 15) is 9.59 Å². The van der Waals surface area contributed by atoms with Crippen molar-refractivity contribution in [2.45, 2.75) is 25.8 Å². The number of hydrogen-bond donors (Lipinski definition) is 0. The highest BCUT2D eigenvalue weighted by atomic mass is 16.5. The lowest BCUT2D eigenvalue weighted by molar-refractivity contribution is -0.157. The van der Waals surface area contributed by atoms with E-state index < -0.39 is 11.8 Å². The minimum absolute atomic E-state index is 0.157. The van der Waals surface area contributed by atoms with Gasteiger partial charge in [0, 0.05) is 19.1 Å². The highest BCUT2D eigenvalue weighted by molar-refractivity contribution is 5.87. The third-order valence-corrected chi connectivity index (χ3v) is 5.97. The van der Waals surface area contributed by atoms with E-state index in [0.29, 0.717) is 26.1 Å². The van der Waals surface area contributed by atoms with Crippen LogP contribution < -0.4 is 0 Å². The maximum atomic E-state index is 12.5. The van der Waals surface area contributed by atoms with Gasteiger partial charge in [0.15, 0.2) is 0 Å². The SMILES string of the molecule is COC(=O)[C@@H]1CC(c2ccccc2)=C(C(C)N2CCOCC2)C[C@H]1C(=O)OC. The summed E-state index contributed by atoms with van der Waals surface area (Å²) in [4.78, 5) is 27.4. The molecule has 0 radical (unpaired) electrons. The van der Waals surface area contributed by atoms with Crippen molar-refractivity contribution in [3.8, 4) is 0 Å². The van der Waals surface area contributed by atoms with Crippen molar-refractivity contribution >= 4 is 17.5 Å². The molecule has 28 heavy (non-hydrogen) atoms. The van der Waals surface area contributed by atoms with Crippen LogP contribution in [0.2, 0.25) is 0 Å². The Bertz CT molecular complexity index is 724. The smallest absolute Gasteiger partial charge is 0.309 e. The summed E-state index contributed by atoms with van der Waals surface area (Å²) in [7, 11) is 2.74. The van der Waals surface area contributed by atoms with Crippen LogP contribution in [0.25, 0.3) is 5.57 Å². The maximum Gasteiger partial charge on any atom is 0.309 e. The highest BCUT2D eigenvalue weighted by Gasteiger charge is 2.42. The molecule has 0 bridgehead atoms. The zero-order valence-electron chi connectivity index (χ0n) is 16.8. The summed E-state index contributed by atoms with van der Waals surface area (Å²) >= 11 is 0. The molecule has 1 aliphatic carbocycles. The normalized spacial score (nSPS) is 24.5. The van der Waals surface area contributed by atoms with Gasteiger partial charge in [-0.3, -0.25) is 14.5 Å². The van der Waals surface area contributed by atoms with E-state index in [1.165, 1.54) is 19.8 Å². The zero-order valence-corrected chi connectivity index (χ0v) is 16.8. The molecule has 6 heteroatoms. The highest BCUT2D eigenvalue weighted by Crippen LogP contribution is 2.42. The molecule has 0 N–H and O–H groups in total. The number of benzene rings is 1. The zero-order chi connectivity index (χ0) is 20.1. The summed E-state index contributed by atoms with van der Waals surface area (Å²) in [5.74, 6) is -1.77. The summed E-state index contributed by atoms with van der Waals surface area (Å²) < 4.78 is 15.5. The van der Waals surface area contributed by atoms with Gasteiger partial charge in [0.2, 0.25) is 0 Å². The monoisotopic (exact) mass is 387 g/mol. The van der Waals surface area contributed by atoms with Crippen molar-refractivity contribution in [2.24, 2.45) is 11.8 Å². The predicted molar refractivity (Wildman–Crippen MR) is 105 cm³/mol. The maximum absolute atomic E-state index is 12.5. The van der Waals surface area contributed by atoms with E-state index in [2.05, 4.69) is 24.0 Å². The van der Waals surface area contributed by atoms with Crippen molar-refractivity contribution in [1.82, 2.24) is 4.90 Å². The molecule has 152 valence electrons. The molecule has 3 rings (SSSR count). The van der Waals surface area contributed by atoms with Crippen molar-refractivity contribution < 1.29 is 23.8 Å². The van der Waals surface area contributed by atoms with Gasteiger partial charge < -0.3 is 14.2 Å². The quantitative estimate of drug-likeness (QED) is 0.724. The lowest BCUT2D eigenvalue weighted by atomic mass is 9.72. The van der Waals surface area contributed by atoms with Crippen LogP contribution in [0.3, 0.4) is 0 Å². The molecule has 1 aromatic carbocycles. The van der Waals surface area contributed by atoms with Crippen LogP contribution in [0.5, 0.6) is 0 Å². The number of esters is 2. The lowest BCUT2D eigenvalue weighted by Gasteiger charge is -2.39. The first-order valence-electron chi connectivity index (χ1n) is 9.81. The van der Waals surface area contributed by atoms with E-state index in [4.69, 9.17) is 14.2 Å². The van der Waals surface area contributed by atoms with E-state index in [-0.39, 0.29) is 18.0 Å². The van der Waals surface area contributed by atoms with Crippen LogP contribution in [0.4, 0.5) is 0 Å². The van der Waals surface area contributed by atoms with Gasteiger partial charge in [-0.05, 0) is 36.5 Å². The van der Waals surface area contributed by atoms with Gasteiger partial charge in [-0.1, -0.05) is 30.3 Å². The Labute approximate surface area is 166 Å². The number of morpholine rings is 1. The number of carbonyl (C=O) groups is 2. The van der Waals surface area contributed by atoms with Gasteiger partial charge in [-0.2, -0.15) is 0 Å². The second-order valence-corrected chi connectivity index (χ2v) is 7.36. The summed E-state index contributed by atoms with van der Waals surface area (Å²) in [6, 6.07) is 10.3. The fourth-order valence-electron chi connectivity index (χ4n) is 4.34. The number of allylic oxidation sites excluding steroid dienone is 1. The minimum Gasteiger partial charge on any atom is -0.469 e. The molecule has 0 amide bonds. The summed E-state index contributed by atoms with van der Waals surface area (Å²) in [6.07, 6.45) is 0.968. The number of carbonyl (C=O) groups excluding carboxylic acids is 2. The Morgan fingerprint density at radius 3 is 2.14 bits per heavy atom. The van der Waals surface area contributed by atoms with Crippen LogP contribution in [0.15, 0.2) is 35.9 Å². The molecule has 1 aromatic rings. The number of rotatable bonds is 5. The molecule has 1 unspecified atom stereocenters. The van der Waals surface area contributed by atoms with Gasteiger partial charge in [-0.25, -0.2) is 0 Å². The average molecular weight is 387 g/mol. The third kappa shape index (κ3) is 4.28. The Hall–Kier alpha value is -2.18. The summed E-state index contributed by atoms with van der Waals surface area (Å²) in [5, 5.41) is 0. The second kappa shape index (κ2) is 9.34. The number of hydrogen-bond acceptors (Lipinski definition) is 6. The van der Waals surface area contributed by atoms with E-state index in [0.717, 1.165) is 24.2 Å². The molecule has 0 aromatic heterocycles. The van der Waals surface area contributed by atoms with Crippen molar-refractivity contribution in [3.63, 3.8) is 0 Å². The predicted octanol–water partition coefficient (Wildman–Crippen LogP) is 2.53. The van der Waals surface area contributed by atoms with E-state index in [1.807, 2.05) is 18.2 Å². The average Bonchev–Trinajstić information content (AvgIpc) is 2.77.